The molecule has 3 rings (SSSR count). The Morgan fingerprint density at radius 3 is 2.46 bits per heavy atom. The van der Waals surface area contributed by atoms with Gasteiger partial charge in [0.1, 0.15) is 0 Å². The van der Waals surface area contributed by atoms with Crippen molar-refractivity contribution in [3.8, 4) is 5.69 Å². The van der Waals surface area contributed by atoms with Crippen molar-refractivity contribution in [1.29, 1.82) is 0 Å². The molecular formula is C19H19N3OS. The van der Waals surface area contributed by atoms with E-state index < -0.39 is 0 Å². The molecule has 5 heteroatoms. The lowest BCUT2D eigenvalue weighted by Gasteiger charge is -2.10. The molecule has 1 unspecified atom stereocenters. The Balaban J connectivity index is 1.55. The molecule has 0 saturated carbocycles. The van der Waals surface area contributed by atoms with Gasteiger partial charge >= 0.3 is 0 Å². The van der Waals surface area contributed by atoms with Crippen LogP contribution in [0.5, 0.6) is 0 Å². The van der Waals surface area contributed by atoms with Gasteiger partial charge in [-0.25, -0.2) is 4.68 Å². The number of benzene rings is 2. The number of nitrogens with zero attached hydrogens (tertiary/aromatic N) is 2. The fourth-order valence-corrected chi connectivity index (χ4v) is 3.12. The maximum atomic E-state index is 12.3. The van der Waals surface area contributed by atoms with Gasteiger partial charge in [0.25, 0.3) is 0 Å². The summed E-state index contributed by atoms with van der Waals surface area (Å²) in [7, 11) is 0. The second kappa shape index (κ2) is 7.84. The maximum absolute atomic E-state index is 12.3. The average molecular weight is 337 g/mol. The maximum Gasteiger partial charge on any atom is 0.229 e. The second-order valence-corrected chi connectivity index (χ2v) is 6.59. The van der Waals surface area contributed by atoms with Crippen molar-refractivity contribution in [3.63, 3.8) is 0 Å². The van der Waals surface area contributed by atoms with Gasteiger partial charge in [-0.05, 0) is 24.3 Å². The summed E-state index contributed by atoms with van der Waals surface area (Å²) in [6.45, 7) is 1.93. The number of anilines is 1. The van der Waals surface area contributed by atoms with Gasteiger partial charge in [0.2, 0.25) is 5.91 Å². The number of carbonyl (C=O) groups excluding carboxylic acids is 1. The van der Waals surface area contributed by atoms with Crippen LogP contribution in [-0.4, -0.2) is 21.4 Å². The molecule has 1 amide bonds. The Bertz CT molecular complexity index is 787. The van der Waals surface area contributed by atoms with Crippen LogP contribution in [0.1, 0.15) is 6.92 Å². The predicted octanol–water partition coefficient (Wildman–Crippen LogP) is 4.24. The molecule has 1 N–H and O–H groups in total. The molecule has 1 heterocycles. The Morgan fingerprint density at radius 2 is 1.75 bits per heavy atom. The Hall–Kier alpha value is -2.53. The molecule has 1 atom stereocenters. The first-order valence-electron chi connectivity index (χ1n) is 7.82. The number of amides is 1. The van der Waals surface area contributed by atoms with Crippen LogP contribution in [0.25, 0.3) is 5.69 Å². The molecular weight excluding hydrogens is 318 g/mol. The molecule has 1 aromatic heterocycles. The van der Waals surface area contributed by atoms with Gasteiger partial charge < -0.3 is 5.32 Å². The number of carbonyl (C=O) groups is 1. The highest BCUT2D eigenvalue weighted by molar-refractivity contribution is 7.99. The van der Waals surface area contributed by atoms with E-state index in [0.717, 1.165) is 11.4 Å². The zero-order valence-corrected chi connectivity index (χ0v) is 14.2. The van der Waals surface area contributed by atoms with Crippen molar-refractivity contribution < 1.29 is 4.79 Å². The first kappa shape index (κ1) is 16.3. The van der Waals surface area contributed by atoms with Crippen molar-refractivity contribution in [3.05, 3.63) is 72.9 Å². The Morgan fingerprint density at radius 1 is 1.08 bits per heavy atom. The summed E-state index contributed by atoms with van der Waals surface area (Å²) in [6.07, 6.45) is 1.84. The van der Waals surface area contributed by atoms with Gasteiger partial charge in [0.15, 0.2) is 5.82 Å². The molecule has 0 bridgehead atoms. The summed E-state index contributed by atoms with van der Waals surface area (Å²) in [5.41, 5.74) is 0.964. The lowest BCUT2D eigenvalue weighted by atomic mass is 10.2. The highest BCUT2D eigenvalue weighted by Gasteiger charge is 2.14. The highest BCUT2D eigenvalue weighted by atomic mass is 32.2. The van der Waals surface area contributed by atoms with Crippen LogP contribution in [0.15, 0.2) is 77.8 Å². The van der Waals surface area contributed by atoms with Crippen LogP contribution in [-0.2, 0) is 4.79 Å². The molecule has 122 valence electrons. The molecule has 0 aliphatic carbocycles. The number of rotatable bonds is 6. The molecule has 3 aromatic rings. The minimum atomic E-state index is -0.0999. The zero-order chi connectivity index (χ0) is 16.8. The number of para-hydroxylation sites is 1. The first-order valence-corrected chi connectivity index (χ1v) is 8.81. The predicted molar refractivity (Wildman–Crippen MR) is 98.5 cm³/mol. The average Bonchev–Trinajstić information content (AvgIpc) is 3.10. The van der Waals surface area contributed by atoms with Crippen molar-refractivity contribution in [1.82, 2.24) is 9.78 Å². The fourth-order valence-electron chi connectivity index (χ4n) is 2.18. The van der Waals surface area contributed by atoms with Gasteiger partial charge in [-0.2, -0.15) is 5.10 Å². The third-order valence-corrected chi connectivity index (χ3v) is 4.82. The SMILES string of the molecule is CC(CSc1ccccc1)C(=O)Nc1ccn(-c2ccccc2)n1. The topological polar surface area (TPSA) is 46.9 Å². The minimum Gasteiger partial charge on any atom is -0.309 e. The van der Waals surface area contributed by atoms with Crippen LogP contribution in [0, 0.1) is 5.92 Å². The summed E-state index contributed by atoms with van der Waals surface area (Å²) in [5.74, 6) is 1.18. The third kappa shape index (κ3) is 4.26. The first-order chi connectivity index (χ1) is 11.7. The molecule has 4 nitrogen and oxygen atoms in total. The van der Waals surface area contributed by atoms with Gasteiger partial charge in [-0.15, -0.1) is 11.8 Å². The highest BCUT2D eigenvalue weighted by Crippen LogP contribution is 2.21. The second-order valence-electron chi connectivity index (χ2n) is 5.50. The number of thioether (sulfide) groups is 1. The van der Waals surface area contributed by atoms with Crippen LogP contribution in [0.2, 0.25) is 0 Å². The Kier molecular flexibility index (Phi) is 5.33. The van der Waals surface area contributed by atoms with Crippen LogP contribution < -0.4 is 5.32 Å². The quantitative estimate of drug-likeness (QED) is 0.684. The van der Waals surface area contributed by atoms with Crippen molar-refractivity contribution in [2.45, 2.75) is 11.8 Å². The van der Waals surface area contributed by atoms with Gasteiger partial charge in [-0.1, -0.05) is 43.3 Å². The van der Waals surface area contributed by atoms with Gasteiger partial charge in [0.05, 0.1) is 5.69 Å². The summed E-state index contributed by atoms with van der Waals surface area (Å²) >= 11 is 1.68. The summed E-state index contributed by atoms with van der Waals surface area (Å²) in [6, 6.07) is 21.7. The summed E-state index contributed by atoms with van der Waals surface area (Å²) in [4.78, 5) is 13.5. The normalized spacial score (nSPS) is 11.9. The zero-order valence-electron chi connectivity index (χ0n) is 13.4. The lowest BCUT2D eigenvalue weighted by Crippen LogP contribution is -2.22. The fraction of sp³-hybridized carbons (Fsp3) is 0.158. The van der Waals surface area contributed by atoms with Crippen molar-refractivity contribution in [2.75, 3.05) is 11.1 Å². The van der Waals surface area contributed by atoms with E-state index in [1.54, 1.807) is 16.4 Å². The van der Waals surface area contributed by atoms with Gasteiger partial charge in [0, 0.05) is 28.8 Å². The van der Waals surface area contributed by atoms with Crippen molar-refractivity contribution >= 4 is 23.5 Å². The minimum absolute atomic E-state index is 0.0169. The number of aromatic nitrogens is 2. The lowest BCUT2D eigenvalue weighted by molar-refractivity contribution is -0.118. The number of hydrogen-bond acceptors (Lipinski definition) is 3. The van der Waals surface area contributed by atoms with Crippen LogP contribution in [0.3, 0.4) is 0 Å². The van der Waals surface area contributed by atoms with E-state index >= 15 is 0 Å². The van der Waals surface area contributed by atoms with E-state index in [4.69, 9.17) is 0 Å². The van der Waals surface area contributed by atoms with E-state index in [-0.39, 0.29) is 11.8 Å². The summed E-state index contributed by atoms with van der Waals surface area (Å²) < 4.78 is 1.75. The van der Waals surface area contributed by atoms with E-state index in [9.17, 15) is 4.79 Å². The summed E-state index contributed by atoms with van der Waals surface area (Å²) in [5, 5.41) is 7.28. The number of hydrogen-bond donors (Lipinski definition) is 1. The smallest absolute Gasteiger partial charge is 0.229 e. The van der Waals surface area contributed by atoms with E-state index in [1.807, 2.05) is 67.7 Å². The standard InChI is InChI=1S/C19H19N3OS/c1-15(14-24-17-10-6-3-7-11-17)19(23)20-18-12-13-22(21-18)16-8-4-2-5-9-16/h2-13,15H,14H2,1H3,(H,20,21,23). The molecule has 0 spiro atoms. The van der Waals surface area contributed by atoms with E-state index in [0.29, 0.717) is 5.82 Å². The molecule has 0 saturated heterocycles. The molecule has 0 aliphatic heterocycles. The van der Waals surface area contributed by atoms with Crippen LogP contribution in [0.4, 0.5) is 5.82 Å². The Labute approximate surface area is 145 Å². The monoisotopic (exact) mass is 337 g/mol. The molecule has 2 aromatic carbocycles. The third-order valence-electron chi connectivity index (χ3n) is 3.55. The van der Waals surface area contributed by atoms with Crippen molar-refractivity contribution in [2.24, 2.45) is 5.92 Å². The van der Waals surface area contributed by atoms with Crippen LogP contribution >= 0.6 is 11.8 Å². The van der Waals surface area contributed by atoms with E-state index in [1.165, 1.54) is 4.90 Å². The van der Waals surface area contributed by atoms with Gasteiger partial charge in [-0.3, -0.25) is 4.79 Å². The molecule has 24 heavy (non-hydrogen) atoms. The molecule has 0 aliphatic rings. The largest absolute Gasteiger partial charge is 0.309 e. The molecule has 0 radical (unpaired) electrons. The van der Waals surface area contributed by atoms with E-state index in [2.05, 4.69) is 22.5 Å². The number of nitrogens with one attached hydrogen (secondary N) is 1. The molecule has 0 fully saturated rings.